The molecule has 0 saturated heterocycles. The van der Waals surface area contributed by atoms with Gasteiger partial charge in [0.2, 0.25) is 10.0 Å². The summed E-state index contributed by atoms with van der Waals surface area (Å²) in [5.74, 6) is -0.255. The summed E-state index contributed by atoms with van der Waals surface area (Å²) in [5, 5.41) is 5.30. The van der Waals surface area contributed by atoms with Gasteiger partial charge in [-0.1, -0.05) is 0 Å². The van der Waals surface area contributed by atoms with Crippen molar-refractivity contribution in [2.24, 2.45) is 0 Å². The molecular formula is C12H25N3O5S. The lowest BCUT2D eigenvalue weighted by Crippen LogP contribution is -2.37. The molecular weight excluding hydrogens is 298 g/mol. The van der Waals surface area contributed by atoms with Crippen LogP contribution in [0.3, 0.4) is 0 Å². The minimum atomic E-state index is -3.17. The smallest absolute Gasteiger partial charge is 0.314 e. The van der Waals surface area contributed by atoms with Crippen molar-refractivity contribution in [1.29, 1.82) is 0 Å². The van der Waals surface area contributed by atoms with E-state index in [2.05, 4.69) is 15.4 Å². The lowest BCUT2D eigenvalue weighted by atomic mass is 10.2. The van der Waals surface area contributed by atoms with E-state index in [4.69, 9.17) is 0 Å². The van der Waals surface area contributed by atoms with Gasteiger partial charge >= 0.3 is 12.0 Å². The van der Waals surface area contributed by atoms with Gasteiger partial charge in [0.25, 0.3) is 0 Å². The van der Waals surface area contributed by atoms with Gasteiger partial charge in [-0.15, -0.1) is 0 Å². The summed E-state index contributed by atoms with van der Waals surface area (Å²) in [7, 11) is -0.327. The number of nitrogens with zero attached hydrogens (tertiary/aromatic N) is 1. The first-order valence-electron chi connectivity index (χ1n) is 6.77. The molecule has 0 saturated carbocycles. The zero-order chi connectivity index (χ0) is 16.3. The lowest BCUT2D eigenvalue weighted by molar-refractivity contribution is -0.140. The number of ether oxygens (including phenoxy) is 1. The molecule has 0 aromatic carbocycles. The predicted molar refractivity (Wildman–Crippen MR) is 79.4 cm³/mol. The molecule has 0 bridgehead atoms. The van der Waals surface area contributed by atoms with Crippen molar-refractivity contribution in [2.45, 2.75) is 25.7 Å². The number of carbonyl (C=O) groups excluding carboxylic acids is 2. The van der Waals surface area contributed by atoms with Gasteiger partial charge in [0.1, 0.15) is 0 Å². The summed E-state index contributed by atoms with van der Waals surface area (Å²) in [4.78, 5) is 22.2. The molecule has 0 aliphatic rings. The Balaban J connectivity index is 3.53. The Morgan fingerprint density at radius 2 is 1.67 bits per heavy atom. The molecule has 9 heteroatoms. The minimum absolute atomic E-state index is 0.255. The number of unbranched alkanes of at least 4 members (excludes halogenated alkanes) is 1. The molecule has 0 heterocycles. The molecule has 0 rings (SSSR count). The highest BCUT2D eigenvalue weighted by Crippen LogP contribution is 1.96. The Morgan fingerprint density at radius 1 is 1.10 bits per heavy atom. The molecule has 0 aromatic rings. The van der Waals surface area contributed by atoms with Gasteiger partial charge in [0.15, 0.2) is 0 Å². The van der Waals surface area contributed by atoms with Crippen LogP contribution in [0.2, 0.25) is 0 Å². The molecule has 8 nitrogen and oxygen atoms in total. The second-order valence-corrected chi connectivity index (χ2v) is 6.74. The monoisotopic (exact) mass is 323 g/mol. The van der Waals surface area contributed by atoms with Crippen LogP contribution < -0.4 is 10.6 Å². The number of carbonyl (C=O) groups is 2. The van der Waals surface area contributed by atoms with Crippen LogP contribution in [0.4, 0.5) is 4.79 Å². The molecule has 0 atom stereocenters. The molecule has 0 aromatic heterocycles. The standard InChI is InChI=1S/C12H25N3O5S/c1-15(21(3,18)19)10-6-9-14-12(17)13-8-5-4-7-11(16)20-2/h4-10H2,1-3H3,(H2,13,14,17). The second kappa shape index (κ2) is 10.4. The molecule has 0 aliphatic carbocycles. The number of sulfonamides is 1. The molecule has 0 unspecified atom stereocenters. The number of nitrogens with one attached hydrogen (secondary N) is 2. The van der Waals surface area contributed by atoms with E-state index >= 15 is 0 Å². The zero-order valence-corrected chi connectivity index (χ0v) is 13.7. The van der Waals surface area contributed by atoms with Crippen molar-refractivity contribution in [3.8, 4) is 0 Å². The molecule has 0 aliphatic heterocycles. The maximum Gasteiger partial charge on any atom is 0.314 e. The molecule has 2 N–H and O–H groups in total. The fraction of sp³-hybridized carbons (Fsp3) is 0.833. The Labute approximate surface area is 126 Å². The van der Waals surface area contributed by atoms with Crippen LogP contribution >= 0.6 is 0 Å². The number of esters is 1. The molecule has 124 valence electrons. The van der Waals surface area contributed by atoms with E-state index in [1.807, 2.05) is 0 Å². The SMILES string of the molecule is COC(=O)CCCCNC(=O)NCCCN(C)S(C)(=O)=O. The van der Waals surface area contributed by atoms with Crippen molar-refractivity contribution < 1.29 is 22.7 Å². The quantitative estimate of drug-likeness (QED) is 0.432. The summed E-state index contributed by atoms with van der Waals surface area (Å²) in [6.45, 7) is 1.23. The Kier molecular flexibility index (Phi) is 9.72. The van der Waals surface area contributed by atoms with Crippen molar-refractivity contribution in [1.82, 2.24) is 14.9 Å². The number of rotatable bonds is 10. The highest BCUT2D eigenvalue weighted by atomic mass is 32.2. The first-order chi connectivity index (χ1) is 9.77. The van der Waals surface area contributed by atoms with Gasteiger partial charge in [-0.2, -0.15) is 0 Å². The largest absolute Gasteiger partial charge is 0.469 e. The fourth-order valence-electron chi connectivity index (χ4n) is 1.43. The van der Waals surface area contributed by atoms with Crippen LogP contribution in [0.15, 0.2) is 0 Å². The highest BCUT2D eigenvalue weighted by Gasteiger charge is 2.09. The van der Waals surface area contributed by atoms with Gasteiger partial charge in [-0.3, -0.25) is 4.79 Å². The molecule has 2 amide bonds. The summed E-state index contributed by atoms with van der Waals surface area (Å²) >= 11 is 0. The molecule has 0 fully saturated rings. The Hall–Kier alpha value is -1.35. The van der Waals surface area contributed by atoms with Crippen LogP contribution in [0.5, 0.6) is 0 Å². The fourth-order valence-corrected chi connectivity index (χ4v) is 1.89. The number of hydrogen-bond acceptors (Lipinski definition) is 5. The third-order valence-electron chi connectivity index (χ3n) is 2.82. The number of urea groups is 1. The third kappa shape index (κ3) is 11.0. The van der Waals surface area contributed by atoms with Gasteiger partial charge < -0.3 is 15.4 Å². The maximum absolute atomic E-state index is 11.4. The van der Waals surface area contributed by atoms with E-state index in [0.717, 1.165) is 6.26 Å². The minimum Gasteiger partial charge on any atom is -0.469 e. The number of methoxy groups -OCH3 is 1. The first-order valence-corrected chi connectivity index (χ1v) is 8.62. The van der Waals surface area contributed by atoms with Crippen molar-refractivity contribution in [3.05, 3.63) is 0 Å². The number of amides is 2. The van der Waals surface area contributed by atoms with Crippen molar-refractivity contribution >= 4 is 22.0 Å². The summed E-state index contributed by atoms with van der Waals surface area (Å²) in [5.41, 5.74) is 0. The van der Waals surface area contributed by atoms with Crippen LogP contribution in [0.25, 0.3) is 0 Å². The van der Waals surface area contributed by atoms with E-state index in [9.17, 15) is 18.0 Å². The number of hydrogen-bond donors (Lipinski definition) is 2. The van der Waals surface area contributed by atoms with Gasteiger partial charge in [0, 0.05) is 33.1 Å². The van der Waals surface area contributed by atoms with Crippen LogP contribution in [0.1, 0.15) is 25.7 Å². The second-order valence-electron chi connectivity index (χ2n) is 4.65. The normalized spacial score (nSPS) is 11.2. The Morgan fingerprint density at radius 3 is 2.19 bits per heavy atom. The predicted octanol–water partition coefficient (Wildman–Crippen LogP) is -0.0896. The Bertz CT molecular complexity index is 425. The van der Waals surface area contributed by atoms with E-state index < -0.39 is 10.0 Å². The summed E-state index contributed by atoms with van der Waals surface area (Å²) in [6, 6.07) is -0.296. The van der Waals surface area contributed by atoms with Gasteiger partial charge in [0.05, 0.1) is 13.4 Å². The zero-order valence-electron chi connectivity index (χ0n) is 12.8. The maximum atomic E-state index is 11.4. The average molecular weight is 323 g/mol. The van der Waals surface area contributed by atoms with E-state index in [1.165, 1.54) is 18.5 Å². The molecule has 21 heavy (non-hydrogen) atoms. The lowest BCUT2D eigenvalue weighted by Gasteiger charge is -2.14. The molecule has 0 spiro atoms. The van der Waals surface area contributed by atoms with Crippen molar-refractivity contribution in [2.75, 3.05) is 40.0 Å². The van der Waals surface area contributed by atoms with Crippen molar-refractivity contribution in [3.63, 3.8) is 0 Å². The topological polar surface area (TPSA) is 105 Å². The highest BCUT2D eigenvalue weighted by molar-refractivity contribution is 7.88. The van der Waals surface area contributed by atoms with E-state index in [0.29, 0.717) is 45.3 Å². The molecule has 0 radical (unpaired) electrons. The average Bonchev–Trinajstić information content (AvgIpc) is 2.41. The van der Waals surface area contributed by atoms with Crippen LogP contribution in [0, 0.1) is 0 Å². The first kappa shape index (κ1) is 19.7. The summed E-state index contributed by atoms with van der Waals surface area (Å²) in [6.07, 6.45) is 3.38. The van der Waals surface area contributed by atoms with Crippen LogP contribution in [-0.4, -0.2) is 64.8 Å². The van der Waals surface area contributed by atoms with E-state index in [1.54, 1.807) is 0 Å². The van der Waals surface area contributed by atoms with Crippen LogP contribution in [-0.2, 0) is 19.6 Å². The summed E-state index contributed by atoms with van der Waals surface area (Å²) < 4.78 is 28.0. The third-order valence-corrected chi connectivity index (χ3v) is 4.14. The van der Waals surface area contributed by atoms with E-state index in [-0.39, 0.29) is 12.0 Å². The van der Waals surface area contributed by atoms with Gasteiger partial charge in [-0.05, 0) is 19.3 Å². The van der Waals surface area contributed by atoms with Gasteiger partial charge in [-0.25, -0.2) is 17.5 Å².